The van der Waals surface area contributed by atoms with E-state index < -0.39 is 23.7 Å². The molecule has 1 N–H and O–H groups in total. The Labute approximate surface area is 166 Å². The van der Waals surface area contributed by atoms with Gasteiger partial charge in [0.1, 0.15) is 10.0 Å². The lowest BCUT2D eigenvalue weighted by Gasteiger charge is -2.14. The summed E-state index contributed by atoms with van der Waals surface area (Å²) < 4.78 is 38.0. The molecule has 2 heterocycles. The highest BCUT2D eigenvalue weighted by atomic mass is 32.2. The number of benzene rings is 1. The van der Waals surface area contributed by atoms with Gasteiger partial charge in [0, 0.05) is 6.20 Å². The van der Waals surface area contributed by atoms with Crippen LogP contribution >= 0.6 is 24.0 Å². The fraction of sp³-hybridized carbons (Fsp3) is 0.111. The smallest absolute Gasteiger partial charge is 0.433 e. The molecule has 28 heavy (non-hydrogen) atoms. The minimum Gasteiger partial charge on any atom is -0.478 e. The van der Waals surface area contributed by atoms with Gasteiger partial charge >= 0.3 is 12.1 Å². The zero-order valence-corrected chi connectivity index (χ0v) is 15.6. The number of carbonyl (C=O) groups is 2. The lowest BCUT2D eigenvalue weighted by molar-refractivity contribution is -0.141. The van der Waals surface area contributed by atoms with Gasteiger partial charge in [0.05, 0.1) is 17.0 Å². The van der Waals surface area contributed by atoms with Crippen LogP contribution in [-0.4, -0.2) is 31.2 Å². The largest absolute Gasteiger partial charge is 0.478 e. The highest BCUT2D eigenvalue weighted by Gasteiger charge is 2.34. The summed E-state index contributed by atoms with van der Waals surface area (Å²) in [4.78, 5) is 28.8. The lowest BCUT2D eigenvalue weighted by atomic mass is 10.1. The number of carboxylic acid groups (broad SMARTS) is 1. The molecular formula is C18H11F3N2O3S2. The van der Waals surface area contributed by atoms with Gasteiger partial charge in [-0.15, -0.1) is 0 Å². The Morgan fingerprint density at radius 1 is 1.25 bits per heavy atom. The molecule has 1 aromatic carbocycles. The molecule has 144 valence electrons. The number of thioether (sulfide) groups is 1. The molecule has 0 saturated carbocycles. The van der Waals surface area contributed by atoms with Crippen molar-refractivity contribution in [2.75, 3.05) is 0 Å². The summed E-state index contributed by atoms with van der Waals surface area (Å²) in [6, 6.07) is 8.28. The minimum atomic E-state index is -4.54. The molecule has 0 atom stereocenters. The van der Waals surface area contributed by atoms with Crippen LogP contribution in [0.3, 0.4) is 0 Å². The molecule has 10 heteroatoms. The number of amides is 1. The van der Waals surface area contributed by atoms with Crippen molar-refractivity contribution in [1.82, 2.24) is 9.88 Å². The summed E-state index contributed by atoms with van der Waals surface area (Å²) in [6.45, 7) is -0.0340. The van der Waals surface area contributed by atoms with Crippen LogP contribution in [0.4, 0.5) is 13.2 Å². The highest BCUT2D eigenvalue weighted by Crippen LogP contribution is 2.34. The van der Waals surface area contributed by atoms with E-state index in [1.54, 1.807) is 18.2 Å². The van der Waals surface area contributed by atoms with E-state index in [0.717, 1.165) is 24.0 Å². The van der Waals surface area contributed by atoms with Crippen LogP contribution in [0.25, 0.3) is 6.08 Å². The normalized spacial score (nSPS) is 16.1. The number of rotatable bonds is 4. The van der Waals surface area contributed by atoms with Gasteiger partial charge in [-0.3, -0.25) is 14.7 Å². The SMILES string of the molecule is O=C(O)c1ccccc1/C=C1\SC(=S)N(Cc2ccc(C(F)(F)F)nc2)C1=O. The molecule has 0 bridgehead atoms. The number of hydrogen-bond acceptors (Lipinski definition) is 5. The van der Waals surface area contributed by atoms with Crippen molar-refractivity contribution in [1.29, 1.82) is 0 Å². The number of pyridine rings is 1. The van der Waals surface area contributed by atoms with E-state index in [1.165, 1.54) is 23.1 Å². The molecular weight excluding hydrogens is 413 g/mol. The molecule has 1 amide bonds. The van der Waals surface area contributed by atoms with E-state index >= 15 is 0 Å². The average Bonchev–Trinajstić information content (AvgIpc) is 2.89. The Morgan fingerprint density at radius 2 is 1.96 bits per heavy atom. The molecule has 3 rings (SSSR count). The molecule has 1 saturated heterocycles. The zero-order valence-electron chi connectivity index (χ0n) is 13.9. The minimum absolute atomic E-state index is 0.0340. The maximum atomic E-state index is 12.6. The molecule has 0 radical (unpaired) electrons. The van der Waals surface area contributed by atoms with Crippen molar-refractivity contribution in [3.05, 3.63) is 69.9 Å². The quantitative estimate of drug-likeness (QED) is 0.586. The van der Waals surface area contributed by atoms with Crippen LogP contribution in [-0.2, 0) is 17.5 Å². The summed E-state index contributed by atoms with van der Waals surface area (Å²) in [5.41, 5.74) is -0.241. The van der Waals surface area contributed by atoms with Crippen LogP contribution in [0.2, 0.25) is 0 Å². The Balaban J connectivity index is 1.82. The van der Waals surface area contributed by atoms with E-state index in [9.17, 15) is 27.9 Å². The van der Waals surface area contributed by atoms with Crippen molar-refractivity contribution in [2.24, 2.45) is 0 Å². The van der Waals surface area contributed by atoms with Crippen molar-refractivity contribution in [3.8, 4) is 0 Å². The first-order valence-corrected chi connectivity index (χ1v) is 8.99. The van der Waals surface area contributed by atoms with Gasteiger partial charge in [0.25, 0.3) is 5.91 Å². The van der Waals surface area contributed by atoms with Gasteiger partial charge in [0.2, 0.25) is 0 Å². The van der Waals surface area contributed by atoms with Gasteiger partial charge in [-0.2, -0.15) is 13.2 Å². The van der Waals surface area contributed by atoms with Gasteiger partial charge < -0.3 is 5.11 Å². The standard InChI is InChI=1S/C18H11F3N2O3S2/c19-18(20,21)14-6-5-10(8-22-14)9-23-15(24)13(28-17(23)27)7-11-3-1-2-4-12(11)16(25)26/h1-8H,9H2,(H,25,26)/b13-7-. The summed E-state index contributed by atoms with van der Waals surface area (Å²) in [5, 5.41) is 9.24. The number of nitrogens with zero attached hydrogens (tertiary/aromatic N) is 2. The Morgan fingerprint density at radius 3 is 2.57 bits per heavy atom. The van der Waals surface area contributed by atoms with Crippen molar-refractivity contribution in [2.45, 2.75) is 12.7 Å². The maximum absolute atomic E-state index is 12.6. The van der Waals surface area contributed by atoms with E-state index in [0.29, 0.717) is 11.1 Å². The van der Waals surface area contributed by atoms with Crippen LogP contribution in [0.5, 0.6) is 0 Å². The van der Waals surface area contributed by atoms with Crippen LogP contribution in [0.1, 0.15) is 27.2 Å². The van der Waals surface area contributed by atoms with E-state index in [1.807, 2.05) is 0 Å². The number of alkyl halides is 3. The molecule has 5 nitrogen and oxygen atoms in total. The predicted molar refractivity (Wildman–Crippen MR) is 101 cm³/mol. The molecule has 1 aliphatic heterocycles. The summed E-state index contributed by atoms with van der Waals surface area (Å²) in [5.74, 6) is -1.58. The van der Waals surface area contributed by atoms with Crippen LogP contribution in [0.15, 0.2) is 47.5 Å². The molecule has 2 aromatic rings. The number of carboxylic acids is 1. The number of halogens is 3. The highest BCUT2D eigenvalue weighted by molar-refractivity contribution is 8.26. The summed E-state index contributed by atoms with van der Waals surface area (Å²) >= 11 is 6.19. The van der Waals surface area contributed by atoms with Crippen LogP contribution in [0, 0.1) is 0 Å². The second-order valence-electron chi connectivity index (χ2n) is 5.71. The van der Waals surface area contributed by atoms with Gasteiger partial charge in [-0.05, 0) is 29.3 Å². The van der Waals surface area contributed by atoms with Gasteiger partial charge in [0.15, 0.2) is 0 Å². The average molecular weight is 424 g/mol. The van der Waals surface area contributed by atoms with E-state index in [-0.39, 0.29) is 21.3 Å². The van der Waals surface area contributed by atoms with Crippen molar-refractivity contribution in [3.63, 3.8) is 0 Å². The molecule has 0 aliphatic carbocycles. The number of carbonyl (C=O) groups excluding carboxylic acids is 1. The molecule has 0 spiro atoms. The molecule has 1 aromatic heterocycles. The first kappa shape index (κ1) is 20.0. The molecule has 0 unspecified atom stereocenters. The Hall–Kier alpha value is -2.72. The first-order chi connectivity index (χ1) is 13.2. The topological polar surface area (TPSA) is 70.5 Å². The summed E-state index contributed by atoms with van der Waals surface area (Å²) in [6.07, 6.45) is -2.06. The van der Waals surface area contributed by atoms with Gasteiger partial charge in [-0.1, -0.05) is 48.2 Å². The molecule has 1 fully saturated rings. The second kappa shape index (κ2) is 7.72. The monoisotopic (exact) mass is 424 g/mol. The maximum Gasteiger partial charge on any atom is 0.433 e. The third-order valence-corrected chi connectivity index (χ3v) is 5.19. The lowest BCUT2D eigenvalue weighted by Crippen LogP contribution is -2.27. The Bertz CT molecular complexity index is 988. The number of aromatic nitrogens is 1. The Kier molecular flexibility index (Phi) is 5.52. The fourth-order valence-electron chi connectivity index (χ4n) is 2.46. The van der Waals surface area contributed by atoms with E-state index in [2.05, 4.69) is 4.98 Å². The first-order valence-electron chi connectivity index (χ1n) is 7.76. The fourth-order valence-corrected chi connectivity index (χ4v) is 3.71. The van der Waals surface area contributed by atoms with E-state index in [4.69, 9.17) is 12.2 Å². The summed E-state index contributed by atoms with van der Waals surface area (Å²) in [7, 11) is 0. The predicted octanol–water partition coefficient (Wildman–Crippen LogP) is 4.20. The number of aromatic carboxylic acids is 1. The number of hydrogen-bond donors (Lipinski definition) is 1. The zero-order chi connectivity index (χ0) is 20.5. The van der Waals surface area contributed by atoms with Crippen LogP contribution < -0.4 is 0 Å². The van der Waals surface area contributed by atoms with Crippen molar-refractivity contribution >= 4 is 46.3 Å². The van der Waals surface area contributed by atoms with Gasteiger partial charge in [-0.25, -0.2) is 4.79 Å². The second-order valence-corrected chi connectivity index (χ2v) is 7.39. The third kappa shape index (κ3) is 4.23. The van der Waals surface area contributed by atoms with Crippen molar-refractivity contribution < 1.29 is 27.9 Å². The number of thiocarbonyl (C=S) groups is 1. The molecule has 1 aliphatic rings. The third-order valence-electron chi connectivity index (χ3n) is 3.81.